The van der Waals surface area contributed by atoms with Crippen LogP contribution in [0.3, 0.4) is 0 Å². The van der Waals surface area contributed by atoms with Gasteiger partial charge in [-0.25, -0.2) is 4.79 Å². The molecule has 0 saturated carbocycles. The highest BCUT2D eigenvalue weighted by Gasteiger charge is 2.63. The van der Waals surface area contributed by atoms with Gasteiger partial charge in [0.2, 0.25) is 17.2 Å². The molecule has 0 bridgehead atoms. The van der Waals surface area contributed by atoms with Gasteiger partial charge in [0.05, 0.1) is 40.6 Å². The predicted octanol–water partition coefficient (Wildman–Crippen LogP) is 4.83. The second-order valence-corrected chi connectivity index (χ2v) is 13.6. The maximum atomic E-state index is 15.3. The SMILES string of the molecule is COc1ccc(CCOc2cc(C3C4=C(C[C@@H](C)[C@]5(Oc6c(Cl)c(OC)cc(OC)c6C5=O)C4=O)Nc4c3c(=O)n(C)c(=O)n4C)ccc2OC)cc1. The number of hydrogen-bond acceptors (Lipinski definition) is 11. The largest absolute Gasteiger partial charge is 0.497 e. The average Bonchev–Trinajstić information content (AvgIpc) is 3.49. The highest BCUT2D eigenvalue weighted by atomic mass is 35.5. The third kappa shape index (κ3) is 5.35. The summed E-state index contributed by atoms with van der Waals surface area (Å²) in [5.41, 5.74) is -0.919. The number of carbonyl (C=O) groups excluding carboxylic acids is 2. The van der Waals surface area contributed by atoms with Crippen molar-refractivity contribution < 1.29 is 38.0 Å². The molecule has 0 amide bonds. The van der Waals surface area contributed by atoms with Gasteiger partial charge in [0.1, 0.15) is 33.7 Å². The normalized spacial score (nSPS) is 19.9. The molecule has 0 saturated heterocycles. The molecule has 3 aromatic carbocycles. The molecule has 1 N–H and O–H groups in total. The van der Waals surface area contributed by atoms with E-state index in [4.69, 9.17) is 40.0 Å². The van der Waals surface area contributed by atoms with Gasteiger partial charge in [-0.2, -0.15) is 0 Å². The lowest BCUT2D eigenvalue weighted by molar-refractivity contribution is -0.130. The van der Waals surface area contributed by atoms with E-state index in [1.54, 1.807) is 39.3 Å². The zero-order valence-electron chi connectivity index (χ0n) is 30.2. The highest BCUT2D eigenvalue weighted by Crippen LogP contribution is 2.56. The second-order valence-electron chi connectivity index (χ2n) is 13.2. The number of allylic oxidation sites excluding steroid dienone is 1. The number of Topliss-reactive ketones (excluding diaryl/α,β-unsaturated/α-hetero) is 2. The molecule has 276 valence electrons. The van der Waals surface area contributed by atoms with Gasteiger partial charge in [-0.1, -0.05) is 36.7 Å². The van der Waals surface area contributed by atoms with Crippen molar-refractivity contribution in [3.8, 4) is 34.5 Å². The summed E-state index contributed by atoms with van der Waals surface area (Å²) < 4.78 is 36.9. The minimum atomic E-state index is -2.04. The third-order valence-electron chi connectivity index (χ3n) is 10.4. The van der Waals surface area contributed by atoms with E-state index in [-0.39, 0.29) is 57.8 Å². The van der Waals surface area contributed by atoms with Crippen LogP contribution in [0.1, 0.15) is 46.3 Å². The van der Waals surface area contributed by atoms with Crippen molar-refractivity contribution in [2.45, 2.75) is 31.3 Å². The van der Waals surface area contributed by atoms with E-state index in [1.807, 2.05) is 24.3 Å². The van der Waals surface area contributed by atoms with Crippen LogP contribution in [-0.2, 0) is 25.3 Å². The van der Waals surface area contributed by atoms with Gasteiger partial charge in [-0.3, -0.25) is 23.5 Å². The van der Waals surface area contributed by atoms with E-state index < -0.39 is 40.3 Å². The fraction of sp³-hybridized carbons (Fsp3) is 0.333. The van der Waals surface area contributed by atoms with Crippen LogP contribution in [0, 0.1) is 5.92 Å². The first kappa shape index (κ1) is 35.7. The summed E-state index contributed by atoms with van der Waals surface area (Å²) in [5, 5.41) is 3.26. The van der Waals surface area contributed by atoms with Crippen molar-refractivity contribution in [3.63, 3.8) is 0 Å². The van der Waals surface area contributed by atoms with Gasteiger partial charge in [0.25, 0.3) is 5.56 Å². The molecule has 4 aromatic rings. The Balaban J connectivity index is 1.37. The van der Waals surface area contributed by atoms with Gasteiger partial charge in [0.15, 0.2) is 17.2 Å². The number of halogens is 1. The Kier molecular flexibility index (Phi) is 9.01. The third-order valence-corrected chi connectivity index (χ3v) is 10.8. The number of ether oxygens (including phenoxy) is 6. The Hall–Kier alpha value is -5.69. The van der Waals surface area contributed by atoms with Gasteiger partial charge in [-0.05, 0) is 41.8 Å². The molecule has 0 radical (unpaired) electrons. The maximum Gasteiger partial charge on any atom is 0.332 e. The fourth-order valence-electron chi connectivity index (χ4n) is 7.58. The minimum Gasteiger partial charge on any atom is -0.497 e. The first-order valence-electron chi connectivity index (χ1n) is 16.9. The summed E-state index contributed by atoms with van der Waals surface area (Å²) in [7, 11) is 8.86. The smallest absolute Gasteiger partial charge is 0.332 e. The Morgan fingerprint density at radius 2 is 1.55 bits per heavy atom. The van der Waals surface area contributed by atoms with Crippen molar-refractivity contribution in [2.75, 3.05) is 40.4 Å². The molecule has 3 aliphatic rings. The van der Waals surface area contributed by atoms with Crippen LogP contribution in [0.15, 0.2) is 69.4 Å². The summed E-state index contributed by atoms with van der Waals surface area (Å²) in [5.74, 6) is -0.920. The molecule has 1 aromatic heterocycles. The van der Waals surface area contributed by atoms with Crippen molar-refractivity contribution >= 4 is 29.0 Å². The zero-order valence-corrected chi connectivity index (χ0v) is 31.0. The average molecular weight is 744 g/mol. The van der Waals surface area contributed by atoms with Crippen LogP contribution in [-0.4, -0.2) is 61.3 Å². The number of benzene rings is 3. The molecule has 1 unspecified atom stereocenters. The molecule has 14 heteroatoms. The second kappa shape index (κ2) is 13.4. The van der Waals surface area contributed by atoms with Crippen molar-refractivity contribution in [3.05, 3.63) is 108 Å². The summed E-state index contributed by atoms with van der Waals surface area (Å²) in [6, 6.07) is 14.3. The number of anilines is 1. The number of ketones is 2. The summed E-state index contributed by atoms with van der Waals surface area (Å²) >= 11 is 6.68. The van der Waals surface area contributed by atoms with Crippen LogP contribution in [0.5, 0.6) is 34.5 Å². The predicted molar refractivity (Wildman–Crippen MR) is 196 cm³/mol. The molecule has 2 aliphatic heterocycles. The maximum absolute atomic E-state index is 15.3. The number of fused-ring (bicyclic) bond motifs is 2. The van der Waals surface area contributed by atoms with Gasteiger partial charge in [-0.15, -0.1) is 0 Å². The molecule has 53 heavy (non-hydrogen) atoms. The van der Waals surface area contributed by atoms with Crippen LogP contribution in [0.4, 0.5) is 5.82 Å². The van der Waals surface area contributed by atoms with Crippen LogP contribution in [0.25, 0.3) is 0 Å². The molecule has 3 heterocycles. The first-order valence-corrected chi connectivity index (χ1v) is 17.3. The lowest BCUT2D eigenvalue weighted by Crippen LogP contribution is -2.58. The number of aromatic nitrogens is 2. The summed E-state index contributed by atoms with van der Waals surface area (Å²) in [6.45, 7) is 2.02. The molecular weight excluding hydrogens is 706 g/mol. The van der Waals surface area contributed by atoms with Crippen LogP contribution in [0.2, 0.25) is 5.02 Å². The Bertz CT molecular complexity index is 2350. The fourth-order valence-corrected chi connectivity index (χ4v) is 7.84. The minimum absolute atomic E-state index is 0.0202. The standard InChI is InChI=1S/C39H38ClN3O10/c1-19-16-23-29(34(44)39(19)35(45)30-26(50-6)18-27(51-7)32(40)33(30)53-39)28(31-36(41-23)42(2)38(47)43(3)37(31)46)21-10-13-24(49-5)25(17-21)52-15-14-20-8-11-22(48-4)12-9-20/h8-13,17-19,28,41H,14-16H2,1-7H3/t19-,28?,39+/m1/s1. The number of hydrogen-bond donors (Lipinski definition) is 1. The lowest BCUT2D eigenvalue weighted by Gasteiger charge is -2.42. The number of methoxy groups -OCH3 is 4. The van der Waals surface area contributed by atoms with E-state index in [0.717, 1.165) is 15.9 Å². The van der Waals surface area contributed by atoms with Crippen molar-refractivity contribution in [2.24, 2.45) is 20.0 Å². The molecule has 3 atom stereocenters. The molecule has 7 rings (SSSR count). The van der Waals surface area contributed by atoms with E-state index in [2.05, 4.69) is 5.32 Å². The zero-order chi connectivity index (χ0) is 37.9. The Morgan fingerprint density at radius 1 is 0.849 bits per heavy atom. The van der Waals surface area contributed by atoms with Gasteiger partial charge < -0.3 is 33.7 Å². The number of nitrogens with zero attached hydrogens (tertiary/aromatic N) is 2. The molecule has 13 nitrogen and oxygen atoms in total. The van der Waals surface area contributed by atoms with E-state index in [9.17, 15) is 14.4 Å². The highest BCUT2D eigenvalue weighted by molar-refractivity contribution is 6.36. The van der Waals surface area contributed by atoms with Crippen molar-refractivity contribution in [1.82, 2.24) is 9.13 Å². The Morgan fingerprint density at radius 3 is 2.21 bits per heavy atom. The number of carbonyl (C=O) groups is 2. The topological polar surface area (TPSA) is 146 Å². The summed E-state index contributed by atoms with van der Waals surface area (Å²) in [4.78, 5) is 57.2. The summed E-state index contributed by atoms with van der Waals surface area (Å²) in [6.07, 6.45) is 0.722. The van der Waals surface area contributed by atoms with Gasteiger partial charge in [0, 0.05) is 49.7 Å². The Labute approximate surface area is 309 Å². The number of nitrogens with one attached hydrogen (secondary N) is 1. The molecule has 0 fully saturated rings. The van der Waals surface area contributed by atoms with E-state index >= 15 is 4.79 Å². The molecule has 1 spiro atoms. The van der Waals surface area contributed by atoms with E-state index in [1.165, 1.54) is 39.0 Å². The van der Waals surface area contributed by atoms with E-state index in [0.29, 0.717) is 29.2 Å². The molecular formula is C39H38ClN3O10. The number of rotatable bonds is 9. The van der Waals surface area contributed by atoms with Crippen LogP contribution >= 0.6 is 11.6 Å². The monoisotopic (exact) mass is 743 g/mol. The lowest BCUT2D eigenvalue weighted by atomic mass is 9.66. The van der Waals surface area contributed by atoms with Crippen LogP contribution < -0.4 is 45.0 Å². The van der Waals surface area contributed by atoms with Crippen molar-refractivity contribution in [1.29, 1.82) is 0 Å². The molecule has 1 aliphatic carbocycles. The van der Waals surface area contributed by atoms with Gasteiger partial charge >= 0.3 is 5.69 Å². The first-order chi connectivity index (χ1) is 25.4. The quantitative estimate of drug-likeness (QED) is 0.236.